The second-order valence-corrected chi connectivity index (χ2v) is 5.61. The SMILES string of the molecule is C[C@@]1(Cc2ccccc2)C(=O)NC(=O)[C@H]2CCCN21. The normalized spacial score (nSPS) is 31.1. The molecule has 0 bridgehead atoms. The van der Waals surface area contributed by atoms with Gasteiger partial charge in [0.25, 0.3) is 0 Å². The molecule has 4 nitrogen and oxygen atoms in total. The average molecular weight is 258 g/mol. The molecule has 100 valence electrons. The molecule has 2 aliphatic heterocycles. The molecular formula is C15H18N2O2. The molecule has 19 heavy (non-hydrogen) atoms. The van der Waals surface area contributed by atoms with Crippen molar-refractivity contribution in [3.8, 4) is 0 Å². The third kappa shape index (κ3) is 1.96. The Morgan fingerprint density at radius 3 is 2.79 bits per heavy atom. The van der Waals surface area contributed by atoms with Gasteiger partial charge < -0.3 is 0 Å². The zero-order chi connectivity index (χ0) is 13.5. The van der Waals surface area contributed by atoms with Crippen LogP contribution in [-0.2, 0) is 16.0 Å². The van der Waals surface area contributed by atoms with Crippen LogP contribution in [-0.4, -0.2) is 34.8 Å². The number of hydrogen-bond donors (Lipinski definition) is 1. The number of amides is 2. The van der Waals surface area contributed by atoms with Gasteiger partial charge in [0.2, 0.25) is 11.8 Å². The highest BCUT2D eigenvalue weighted by Gasteiger charge is 2.51. The second kappa shape index (κ2) is 4.46. The molecule has 2 atom stereocenters. The summed E-state index contributed by atoms with van der Waals surface area (Å²) in [7, 11) is 0. The highest BCUT2D eigenvalue weighted by atomic mass is 16.2. The largest absolute Gasteiger partial charge is 0.293 e. The van der Waals surface area contributed by atoms with Crippen molar-refractivity contribution in [3.63, 3.8) is 0 Å². The topological polar surface area (TPSA) is 49.4 Å². The van der Waals surface area contributed by atoms with Crippen molar-refractivity contribution < 1.29 is 9.59 Å². The number of nitrogens with zero attached hydrogens (tertiary/aromatic N) is 1. The first-order chi connectivity index (χ1) is 9.11. The van der Waals surface area contributed by atoms with E-state index in [0.717, 1.165) is 24.9 Å². The maximum Gasteiger partial charge on any atom is 0.247 e. The van der Waals surface area contributed by atoms with Crippen molar-refractivity contribution in [2.75, 3.05) is 6.54 Å². The number of hydrogen-bond acceptors (Lipinski definition) is 3. The first-order valence-corrected chi connectivity index (χ1v) is 6.77. The number of carbonyl (C=O) groups excluding carboxylic acids is 2. The van der Waals surface area contributed by atoms with E-state index < -0.39 is 5.54 Å². The zero-order valence-corrected chi connectivity index (χ0v) is 11.1. The minimum atomic E-state index is -0.615. The Labute approximate surface area is 112 Å². The third-order valence-electron chi connectivity index (χ3n) is 4.31. The van der Waals surface area contributed by atoms with Gasteiger partial charge in [0.1, 0.15) is 5.54 Å². The van der Waals surface area contributed by atoms with E-state index in [0.29, 0.717) is 6.42 Å². The van der Waals surface area contributed by atoms with Crippen LogP contribution in [0.2, 0.25) is 0 Å². The fraction of sp³-hybridized carbons (Fsp3) is 0.467. The van der Waals surface area contributed by atoms with Crippen molar-refractivity contribution in [1.82, 2.24) is 10.2 Å². The summed E-state index contributed by atoms with van der Waals surface area (Å²) in [6, 6.07) is 9.85. The Morgan fingerprint density at radius 1 is 1.32 bits per heavy atom. The molecule has 1 aromatic carbocycles. The predicted octanol–water partition coefficient (Wildman–Crippen LogP) is 1.11. The standard InChI is InChI=1S/C15H18N2O2/c1-15(10-11-6-3-2-4-7-11)14(19)16-13(18)12-8-5-9-17(12)15/h2-4,6-7,12H,5,8-10H2,1H3,(H,16,18,19)/t12-,15-/m1/s1. The van der Waals surface area contributed by atoms with E-state index in [9.17, 15) is 9.59 Å². The van der Waals surface area contributed by atoms with Gasteiger partial charge in [-0.25, -0.2) is 0 Å². The molecule has 2 heterocycles. The van der Waals surface area contributed by atoms with Crippen molar-refractivity contribution >= 4 is 11.8 Å². The minimum absolute atomic E-state index is 0.131. The lowest BCUT2D eigenvalue weighted by Crippen LogP contribution is -2.68. The van der Waals surface area contributed by atoms with Crippen LogP contribution in [0.4, 0.5) is 0 Å². The zero-order valence-electron chi connectivity index (χ0n) is 11.1. The van der Waals surface area contributed by atoms with Crippen molar-refractivity contribution in [2.24, 2.45) is 0 Å². The number of fused-ring (bicyclic) bond motifs is 1. The average Bonchev–Trinajstić information content (AvgIpc) is 2.88. The lowest BCUT2D eigenvalue weighted by molar-refractivity contribution is -0.149. The molecule has 1 aromatic rings. The molecule has 0 radical (unpaired) electrons. The summed E-state index contributed by atoms with van der Waals surface area (Å²) < 4.78 is 0. The van der Waals surface area contributed by atoms with E-state index >= 15 is 0 Å². The lowest BCUT2D eigenvalue weighted by Gasteiger charge is -2.44. The van der Waals surface area contributed by atoms with Crippen LogP contribution in [0.3, 0.4) is 0 Å². The summed E-state index contributed by atoms with van der Waals surface area (Å²) in [5, 5.41) is 2.54. The molecule has 2 fully saturated rings. The number of piperazine rings is 1. The summed E-state index contributed by atoms with van der Waals surface area (Å²) in [5.41, 5.74) is 0.510. The summed E-state index contributed by atoms with van der Waals surface area (Å²) >= 11 is 0. The molecule has 2 amide bonds. The smallest absolute Gasteiger partial charge is 0.247 e. The first-order valence-electron chi connectivity index (χ1n) is 6.77. The fourth-order valence-corrected chi connectivity index (χ4v) is 3.27. The molecule has 0 unspecified atom stereocenters. The van der Waals surface area contributed by atoms with Gasteiger partial charge in [-0.1, -0.05) is 30.3 Å². The molecule has 0 saturated carbocycles. The van der Waals surface area contributed by atoms with Gasteiger partial charge >= 0.3 is 0 Å². The summed E-state index contributed by atoms with van der Waals surface area (Å²) in [4.78, 5) is 26.2. The highest BCUT2D eigenvalue weighted by molar-refractivity contribution is 6.05. The van der Waals surface area contributed by atoms with Gasteiger partial charge in [-0.2, -0.15) is 0 Å². The quantitative estimate of drug-likeness (QED) is 0.808. The number of imide groups is 1. The molecule has 0 spiro atoms. The van der Waals surface area contributed by atoms with Gasteiger partial charge in [-0.3, -0.25) is 19.8 Å². The maximum atomic E-state index is 12.3. The van der Waals surface area contributed by atoms with Crippen molar-refractivity contribution in [3.05, 3.63) is 35.9 Å². The lowest BCUT2D eigenvalue weighted by atomic mass is 9.87. The van der Waals surface area contributed by atoms with Crippen LogP contribution in [0.25, 0.3) is 0 Å². The number of carbonyl (C=O) groups is 2. The summed E-state index contributed by atoms with van der Waals surface area (Å²) in [6.07, 6.45) is 2.47. The third-order valence-corrected chi connectivity index (χ3v) is 4.31. The summed E-state index contributed by atoms with van der Waals surface area (Å²) in [6.45, 7) is 2.77. The first kappa shape index (κ1) is 12.4. The van der Waals surface area contributed by atoms with Crippen LogP contribution in [0, 0.1) is 0 Å². The minimum Gasteiger partial charge on any atom is -0.293 e. The van der Waals surface area contributed by atoms with Crippen LogP contribution >= 0.6 is 0 Å². The summed E-state index contributed by atoms with van der Waals surface area (Å²) in [5.74, 6) is -0.299. The van der Waals surface area contributed by atoms with Crippen LogP contribution in [0.5, 0.6) is 0 Å². The van der Waals surface area contributed by atoms with E-state index in [1.54, 1.807) is 0 Å². The maximum absolute atomic E-state index is 12.3. The molecule has 4 heteroatoms. The van der Waals surface area contributed by atoms with E-state index in [4.69, 9.17) is 0 Å². The van der Waals surface area contributed by atoms with E-state index in [1.165, 1.54) is 0 Å². The monoisotopic (exact) mass is 258 g/mol. The Hall–Kier alpha value is -1.68. The predicted molar refractivity (Wildman–Crippen MR) is 71.4 cm³/mol. The molecule has 2 aliphatic rings. The molecule has 3 rings (SSSR count). The van der Waals surface area contributed by atoms with E-state index in [2.05, 4.69) is 10.2 Å². The van der Waals surface area contributed by atoms with Crippen LogP contribution in [0.1, 0.15) is 25.3 Å². The van der Waals surface area contributed by atoms with Crippen molar-refractivity contribution in [2.45, 2.75) is 37.8 Å². The van der Waals surface area contributed by atoms with Crippen molar-refractivity contribution in [1.29, 1.82) is 0 Å². The Kier molecular flexibility index (Phi) is 2.90. The van der Waals surface area contributed by atoms with E-state index in [-0.39, 0.29) is 17.9 Å². The van der Waals surface area contributed by atoms with Crippen LogP contribution in [0.15, 0.2) is 30.3 Å². The van der Waals surface area contributed by atoms with Gasteiger partial charge in [-0.15, -0.1) is 0 Å². The number of nitrogens with one attached hydrogen (secondary N) is 1. The van der Waals surface area contributed by atoms with Gasteiger partial charge in [0.05, 0.1) is 6.04 Å². The fourth-order valence-electron chi connectivity index (χ4n) is 3.27. The Balaban J connectivity index is 1.92. The second-order valence-electron chi connectivity index (χ2n) is 5.61. The van der Waals surface area contributed by atoms with Gasteiger partial charge in [0.15, 0.2) is 0 Å². The van der Waals surface area contributed by atoms with Gasteiger partial charge in [-0.05, 0) is 31.7 Å². The van der Waals surface area contributed by atoms with E-state index in [1.807, 2.05) is 37.3 Å². The molecule has 0 aliphatic carbocycles. The molecule has 2 saturated heterocycles. The van der Waals surface area contributed by atoms with Crippen LogP contribution < -0.4 is 5.32 Å². The molecule has 1 N–H and O–H groups in total. The number of benzene rings is 1. The Bertz CT molecular complexity index is 514. The van der Waals surface area contributed by atoms with Gasteiger partial charge in [0, 0.05) is 6.54 Å². The Morgan fingerprint density at radius 2 is 2.05 bits per heavy atom. The highest BCUT2D eigenvalue weighted by Crippen LogP contribution is 2.33. The number of rotatable bonds is 2. The molecular weight excluding hydrogens is 240 g/mol. The molecule has 0 aromatic heterocycles.